The number of aromatic nitrogens is 1. The van der Waals surface area contributed by atoms with Crippen LogP contribution in [0.5, 0.6) is 0 Å². The van der Waals surface area contributed by atoms with Gasteiger partial charge >= 0.3 is 0 Å². The number of pyridine rings is 1. The summed E-state index contributed by atoms with van der Waals surface area (Å²) in [5.41, 5.74) is 1.00. The molecule has 1 aliphatic rings. The summed E-state index contributed by atoms with van der Waals surface area (Å²) in [6.45, 7) is 0.675. The van der Waals surface area contributed by atoms with Crippen LogP contribution in [-0.4, -0.2) is 28.1 Å². The zero-order valence-corrected chi connectivity index (χ0v) is 11.2. The van der Waals surface area contributed by atoms with Gasteiger partial charge in [0.1, 0.15) is 11.1 Å². The third-order valence-electron chi connectivity index (χ3n) is 3.09. The summed E-state index contributed by atoms with van der Waals surface area (Å²) in [7, 11) is 0. The van der Waals surface area contributed by atoms with Crippen molar-refractivity contribution in [3.63, 3.8) is 0 Å². The second-order valence-corrected chi connectivity index (χ2v) is 5.41. The summed E-state index contributed by atoms with van der Waals surface area (Å²) in [5, 5.41) is 0.00575. The van der Waals surface area contributed by atoms with Crippen molar-refractivity contribution in [2.45, 2.75) is 11.8 Å². The summed E-state index contributed by atoms with van der Waals surface area (Å²) >= 11 is 1.61. The van der Waals surface area contributed by atoms with Crippen LogP contribution in [0.4, 0.5) is 0 Å². The Balaban J connectivity index is 1.69. The Labute approximate surface area is 115 Å². The number of carbonyl (C=O) groups excluding carboxylic acids is 1. The Kier molecular flexibility index (Phi) is 3.55. The zero-order chi connectivity index (χ0) is 13.1. The predicted molar refractivity (Wildman–Crippen MR) is 73.6 cm³/mol. The van der Waals surface area contributed by atoms with Gasteiger partial charge in [-0.15, -0.1) is 11.8 Å². The molecule has 0 bridgehead atoms. The number of rotatable bonds is 4. The van der Waals surface area contributed by atoms with E-state index in [1.165, 1.54) is 0 Å². The Bertz CT molecular complexity index is 542. The van der Waals surface area contributed by atoms with Crippen LogP contribution in [0.25, 0.3) is 0 Å². The van der Waals surface area contributed by atoms with E-state index in [2.05, 4.69) is 4.98 Å². The number of hydrogen-bond donors (Lipinski definition) is 0. The molecule has 2 aromatic rings. The van der Waals surface area contributed by atoms with E-state index in [-0.39, 0.29) is 11.3 Å². The maximum atomic E-state index is 11.9. The number of carbonyl (C=O) groups is 1. The first-order chi connectivity index (χ1) is 9.34. The largest absolute Gasteiger partial charge is 0.466 e. The van der Waals surface area contributed by atoms with Crippen LogP contribution in [0, 0.1) is 0 Å². The van der Waals surface area contributed by atoms with E-state index in [0.717, 1.165) is 17.9 Å². The SMILES string of the molecule is O=C1CSC(c2ccco2)N1CCc1ccccn1. The van der Waals surface area contributed by atoms with Gasteiger partial charge in [0.15, 0.2) is 0 Å². The summed E-state index contributed by atoms with van der Waals surface area (Å²) < 4.78 is 5.42. The molecule has 1 amide bonds. The topological polar surface area (TPSA) is 46.3 Å². The Morgan fingerprint density at radius 3 is 3.05 bits per heavy atom. The highest BCUT2D eigenvalue weighted by atomic mass is 32.2. The predicted octanol–water partition coefficient (Wildman–Crippen LogP) is 2.49. The van der Waals surface area contributed by atoms with Crippen molar-refractivity contribution in [2.24, 2.45) is 0 Å². The van der Waals surface area contributed by atoms with Gasteiger partial charge in [-0.3, -0.25) is 9.78 Å². The zero-order valence-electron chi connectivity index (χ0n) is 10.4. The van der Waals surface area contributed by atoms with Crippen molar-refractivity contribution in [3.8, 4) is 0 Å². The molecule has 0 N–H and O–H groups in total. The molecule has 4 nitrogen and oxygen atoms in total. The maximum absolute atomic E-state index is 11.9. The van der Waals surface area contributed by atoms with Gasteiger partial charge in [-0.25, -0.2) is 0 Å². The fourth-order valence-corrected chi connectivity index (χ4v) is 3.31. The molecule has 1 unspecified atom stereocenters. The van der Waals surface area contributed by atoms with E-state index < -0.39 is 0 Å². The second kappa shape index (κ2) is 5.48. The molecule has 0 radical (unpaired) electrons. The minimum Gasteiger partial charge on any atom is -0.466 e. The highest BCUT2D eigenvalue weighted by molar-refractivity contribution is 8.00. The molecule has 1 saturated heterocycles. The molecule has 0 aromatic carbocycles. The molecule has 5 heteroatoms. The Morgan fingerprint density at radius 2 is 2.32 bits per heavy atom. The van der Waals surface area contributed by atoms with Gasteiger partial charge in [0.2, 0.25) is 5.91 Å². The molecule has 3 rings (SSSR count). The molecule has 19 heavy (non-hydrogen) atoms. The quantitative estimate of drug-likeness (QED) is 0.859. The average Bonchev–Trinajstić information content (AvgIpc) is 3.07. The molecule has 1 aliphatic heterocycles. The summed E-state index contributed by atoms with van der Waals surface area (Å²) in [5.74, 6) is 1.53. The Hall–Kier alpha value is -1.75. The van der Waals surface area contributed by atoms with Crippen molar-refractivity contribution < 1.29 is 9.21 Å². The van der Waals surface area contributed by atoms with E-state index in [1.807, 2.05) is 35.2 Å². The lowest BCUT2D eigenvalue weighted by atomic mass is 10.2. The highest BCUT2D eigenvalue weighted by Gasteiger charge is 2.34. The number of nitrogens with zero attached hydrogens (tertiary/aromatic N) is 2. The molecule has 1 fully saturated rings. The van der Waals surface area contributed by atoms with Gasteiger partial charge in [0, 0.05) is 24.9 Å². The molecule has 3 heterocycles. The van der Waals surface area contributed by atoms with E-state index in [4.69, 9.17) is 4.42 Å². The van der Waals surface area contributed by atoms with Crippen molar-refractivity contribution in [3.05, 3.63) is 54.2 Å². The maximum Gasteiger partial charge on any atom is 0.233 e. The summed E-state index contributed by atoms with van der Waals surface area (Å²) in [6, 6.07) is 9.62. The minimum absolute atomic E-state index is 0.00575. The third kappa shape index (κ3) is 2.66. The van der Waals surface area contributed by atoms with Crippen LogP contribution in [0.3, 0.4) is 0 Å². The van der Waals surface area contributed by atoms with Crippen LogP contribution < -0.4 is 0 Å². The van der Waals surface area contributed by atoms with Gasteiger partial charge in [0.25, 0.3) is 0 Å². The van der Waals surface area contributed by atoms with Gasteiger partial charge in [-0.2, -0.15) is 0 Å². The molecule has 98 valence electrons. The lowest BCUT2D eigenvalue weighted by Crippen LogP contribution is -2.30. The van der Waals surface area contributed by atoms with E-state index in [9.17, 15) is 4.79 Å². The van der Waals surface area contributed by atoms with Crippen LogP contribution in [0.2, 0.25) is 0 Å². The van der Waals surface area contributed by atoms with Gasteiger partial charge in [0.05, 0.1) is 12.0 Å². The number of furan rings is 1. The first-order valence-electron chi connectivity index (χ1n) is 6.19. The number of amides is 1. The monoisotopic (exact) mass is 274 g/mol. The van der Waals surface area contributed by atoms with Gasteiger partial charge in [-0.05, 0) is 24.3 Å². The Morgan fingerprint density at radius 1 is 1.37 bits per heavy atom. The first kappa shape index (κ1) is 12.3. The lowest BCUT2D eigenvalue weighted by Gasteiger charge is -2.21. The molecule has 2 aromatic heterocycles. The van der Waals surface area contributed by atoms with E-state index >= 15 is 0 Å². The number of hydrogen-bond acceptors (Lipinski definition) is 4. The second-order valence-electron chi connectivity index (χ2n) is 4.34. The minimum atomic E-state index is 0.00575. The molecule has 0 spiro atoms. The average molecular weight is 274 g/mol. The van der Waals surface area contributed by atoms with Crippen LogP contribution in [0.15, 0.2) is 47.2 Å². The number of thioether (sulfide) groups is 1. The van der Waals surface area contributed by atoms with E-state index in [0.29, 0.717) is 12.3 Å². The molecular weight excluding hydrogens is 260 g/mol. The third-order valence-corrected chi connectivity index (χ3v) is 4.31. The fourth-order valence-electron chi connectivity index (χ4n) is 2.14. The molecular formula is C14H14N2O2S. The van der Waals surface area contributed by atoms with Crippen molar-refractivity contribution >= 4 is 17.7 Å². The highest BCUT2D eigenvalue weighted by Crippen LogP contribution is 2.38. The molecule has 1 atom stereocenters. The fraction of sp³-hybridized carbons (Fsp3) is 0.286. The first-order valence-corrected chi connectivity index (χ1v) is 7.24. The van der Waals surface area contributed by atoms with Crippen molar-refractivity contribution in [1.29, 1.82) is 0 Å². The normalized spacial score (nSPS) is 19.1. The lowest BCUT2D eigenvalue weighted by molar-refractivity contribution is -0.128. The van der Waals surface area contributed by atoms with Crippen LogP contribution in [0.1, 0.15) is 16.8 Å². The van der Waals surface area contributed by atoms with Crippen molar-refractivity contribution in [1.82, 2.24) is 9.88 Å². The van der Waals surface area contributed by atoms with Gasteiger partial charge < -0.3 is 9.32 Å². The summed E-state index contributed by atoms with van der Waals surface area (Å²) in [6.07, 6.45) is 4.19. The standard InChI is InChI=1S/C14H14N2O2S/c17-13-10-19-14(12-5-3-9-18-12)16(13)8-6-11-4-1-2-7-15-11/h1-5,7,9,14H,6,8,10H2. The van der Waals surface area contributed by atoms with Crippen LogP contribution >= 0.6 is 11.8 Å². The summed E-state index contributed by atoms with van der Waals surface area (Å²) in [4.78, 5) is 18.1. The van der Waals surface area contributed by atoms with Crippen molar-refractivity contribution in [2.75, 3.05) is 12.3 Å². The molecule has 0 aliphatic carbocycles. The molecule has 0 saturated carbocycles. The van der Waals surface area contributed by atoms with Gasteiger partial charge in [-0.1, -0.05) is 6.07 Å². The smallest absolute Gasteiger partial charge is 0.233 e. The van der Waals surface area contributed by atoms with E-state index in [1.54, 1.807) is 24.2 Å². The van der Waals surface area contributed by atoms with Crippen LogP contribution in [-0.2, 0) is 11.2 Å².